The first-order valence-electron chi connectivity index (χ1n) is 5.26. The summed E-state index contributed by atoms with van der Waals surface area (Å²) in [6, 6.07) is 9.23. The number of nitrogens with zero attached hydrogens (tertiary/aromatic N) is 1. The van der Waals surface area contributed by atoms with Crippen LogP contribution in [-0.2, 0) is 16.1 Å². The van der Waals surface area contributed by atoms with Gasteiger partial charge in [0.1, 0.15) is 6.61 Å². The summed E-state index contributed by atoms with van der Waals surface area (Å²) in [5.74, 6) is -1.06. The minimum atomic E-state index is -1.28. The van der Waals surface area contributed by atoms with E-state index in [1.165, 1.54) is 11.8 Å². The van der Waals surface area contributed by atoms with Crippen molar-refractivity contribution in [3.05, 3.63) is 35.9 Å². The average Bonchev–Trinajstić information content (AvgIpc) is 2.60. The van der Waals surface area contributed by atoms with Crippen LogP contribution in [-0.4, -0.2) is 34.2 Å². The first kappa shape index (κ1) is 11.4. The van der Waals surface area contributed by atoms with E-state index >= 15 is 0 Å². The van der Waals surface area contributed by atoms with E-state index in [2.05, 4.69) is 0 Å². The molecule has 0 aliphatic carbocycles. The van der Waals surface area contributed by atoms with E-state index < -0.39 is 17.6 Å². The van der Waals surface area contributed by atoms with Crippen LogP contribution in [0.4, 0.5) is 4.79 Å². The van der Waals surface area contributed by atoms with Gasteiger partial charge in [0.15, 0.2) is 5.54 Å². The largest absolute Gasteiger partial charge is 0.479 e. The highest BCUT2D eigenvalue weighted by Crippen LogP contribution is 2.26. The Morgan fingerprint density at radius 3 is 2.71 bits per heavy atom. The third kappa shape index (κ3) is 1.95. The van der Waals surface area contributed by atoms with Gasteiger partial charge in [0.05, 0.1) is 6.54 Å². The predicted octanol–water partition coefficient (Wildman–Crippen LogP) is 1.48. The summed E-state index contributed by atoms with van der Waals surface area (Å²) in [6.45, 7) is 1.61. The Labute approximate surface area is 98.6 Å². The molecule has 0 bridgehead atoms. The molecule has 0 saturated carbocycles. The van der Waals surface area contributed by atoms with Crippen LogP contribution in [0.25, 0.3) is 0 Å². The molecule has 1 heterocycles. The second-order valence-electron chi connectivity index (χ2n) is 4.21. The van der Waals surface area contributed by atoms with Crippen molar-refractivity contribution in [2.75, 3.05) is 6.61 Å². The monoisotopic (exact) mass is 235 g/mol. The highest BCUT2D eigenvalue weighted by Gasteiger charge is 2.49. The van der Waals surface area contributed by atoms with Gasteiger partial charge in [-0.1, -0.05) is 30.3 Å². The molecule has 1 unspecified atom stereocenters. The van der Waals surface area contributed by atoms with Gasteiger partial charge in [-0.3, -0.25) is 4.90 Å². The van der Waals surface area contributed by atoms with E-state index in [0.717, 1.165) is 5.56 Å². The molecule has 90 valence electrons. The summed E-state index contributed by atoms with van der Waals surface area (Å²) < 4.78 is 4.82. The van der Waals surface area contributed by atoms with Crippen LogP contribution in [0, 0.1) is 0 Å². The van der Waals surface area contributed by atoms with E-state index in [9.17, 15) is 9.59 Å². The van der Waals surface area contributed by atoms with Gasteiger partial charge in [-0.05, 0) is 12.5 Å². The summed E-state index contributed by atoms with van der Waals surface area (Å²) in [4.78, 5) is 24.0. The number of amides is 1. The maximum atomic E-state index is 11.5. The lowest BCUT2D eigenvalue weighted by Gasteiger charge is -2.27. The molecule has 1 saturated heterocycles. The maximum absolute atomic E-state index is 11.5. The van der Waals surface area contributed by atoms with Crippen molar-refractivity contribution < 1.29 is 19.4 Å². The Kier molecular flexibility index (Phi) is 2.75. The Balaban J connectivity index is 2.24. The van der Waals surface area contributed by atoms with Crippen molar-refractivity contribution in [2.24, 2.45) is 0 Å². The quantitative estimate of drug-likeness (QED) is 0.861. The fourth-order valence-electron chi connectivity index (χ4n) is 1.74. The second kappa shape index (κ2) is 4.08. The molecule has 0 spiro atoms. The van der Waals surface area contributed by atoms with E-state index in [4.69, 9.17) is 9.84 Å². The number of ether oxygens (including phenoxy) is 1. The summed E-state index contributed by atoms with van der Waals surface area (Å²) in [6.07, 6.45) is -0.584. The third-order valence-electron chi connectivity index (χ3n) is 2.94. The second-order valence-corrected chi connectivity index (χ2v) is 4.21. The van der Waals surface area contributed by atoms with Crippen molar-refractivity contribution in [1.29, 1.82) is 0 Å². The SMILES string of the molecule is CC1(C(=O)O)COC(=O)N1Cc1ccccc1. The number of hydrogen-bond donors (Lipinski definition) is 1. The molecule has 1 atom stereocenters. The molecule has 1 amide bonds. The summed E-state index contributed by atoms with van der Waals surface area (Å²) >= 11 is 0. The minimum Gasteiger partial charge on any atom is -0.479 e. The standard InChI is InChI=1S/C12H13NO4/c1-12(10(14)15)8-17-11(16)13(12)7-9-5-3-2-4-6-9/h2-6H,7-8H2,1H3,(H,14,15). The first-order chi connectivity index (χ1) is 8.04. The van der Waals surface area contributed by atoms with Gasteiger partial charge in [0, 0.05) is 0 Å². The maximum Gasteiger partial charge on any atom is 0.411 e. The van der Waals surface area contributed by atoms with Crippen LogP contribution in [0.1, 0.15) is 12.5 Å². The molecular weight excluding hydrogens is 222 g/mol. The number of cyclic esters (lactones) is 1. The Hall–Kier alpha value is -2.04. The lowest BCUT2D eigenvalue weighted by Crippen LogP contribution is -2.50. The van der Waals surface area contributed by atoms with Gasteiger partial charge in [-0.15, -0.1) is 0 Å². The van der Waals surface area contributed by atoms with Gasteiger partial charge >= 0.3 is 12.1 Å². The van der Waals surface area contributed by atoms with E-state index in [0.29, 0.717) is 0 Å². The Morgan fingerprint density at radius 2 is 2.12 bits per heavy atom. The van der Waals surface area contributed by atoms with E-state index in [1.54, 1.807) is 0 Å². The lowest BCUT2D eigenvalue weighted by atomic mass is 10.0. The van der Waals surface area contributed by atoms with Gasteiger partial charge in [0.2, 0.25) is 0 Å². The van der Waals surface area contributed by atoms with Crippen molar-refractivity contribution >= 4 is 12.1 Å². The van der Waals surface area contributed by atoms with Gasteiger partial charge < -0.3 is 9.84 Å². The molecule has 1 aromatic carbocycles. The van der Waals surface area contributed by atoms with Crippen LogP contribution in [0.3, 0.4) is 0 Å². The van der Waals surface area contributed by atoms with Crippen LogP contribution >= 0.6 is 0 Å². The molecule has 1 fully saturated rings. The zero-order valence-electron chi connectivity index (χ0n) is 9.42. The number of carboxylic acid groups (broad SMARTS) is 1. The fourth-order valence-corrected chi connectivity index (χ4v) is 1.74. The van der Waals surface area contributed by atoms with E-state index in [-0.39, 0.29) is 13.2 Å². The predicted molar refractivity (Wildman–Crippen MR) is 59.4 cm³/mol. The minimum absolute atomic E-state index is 0.117. The topological polar surface area (TPSA) is 66.8 Å². The number of benzene rings is 1. The van der Waals surface area contributed by atoms with Crippen molar-refractivity contribution in [1.82, 2.24) is 4.90 Å². The normalized spacial score (nSPS) is 23.6. The lowest BCUT2D eigenvalue weighted by molar-refractivity contribution is -0.147. The van der Waals surface area contributed by atoms with Gasteiger partial charge in [-0.2, -0.15) is 0 Å². The van der Waals surface area contributed by atoms with Crippen LogP contribution in [0.5, 0.6) is 0 Å². The highest BCUT2D eigenvalue weighted by atomic mass is 16.6. The smallest absolute Gasteiger partial charge is 0.411 e. The molecule has 5 heteroatoms. The molecule has 1 aromatic rings. The van der Waals surface area contributed by atoms with Crippen LogP contribution in [0.2, 0.25) is 0 Å². The fraction of sp³-hybridized carbons (Fsp3) is 0.333. The molecule has 1 aliphatic heterocycles. The van der Waals surface area contributed by atoms with Crippen molar-refractivity contribution in [2.45, 2.75) is 19.0 Å². The number of carboxylic acids is 1. The third-order valence-corrected chi connectivity index (χ3v) is 2.94. The Bertz CT molecular complexity index is 445. The van der Waals surface area contributed by atoms with Crippen LogP contribution < -0.4 is 0 Å². The number of aliphatic carboxylic acids is 1. The molecule has 0 radical (unpaired) electrons. The summed E-state index contributed by atoms with van der Waals surface area (Å²) in [5.41, 5.74) is -0.411. The molecule has 1 N–H and O–H groups in total. The molecule has 17 heavy (non-hydrogen) atoms. The zero-order valence-corrected chi connectivity index (χ0v) is 9.42. The zero-order chi connectivity index (χ0) is 12.5. The first-order valence-corrected chi connectivity index (χ1v) is 5.26. The molecule has 1 aliphatic rings. The summed E-state index contributed by atoms with van der Waals surface area (Å²) in [5, 5.41) is 9.16. The number of carbonyl (C=O) groups is 2. The van der Waals surface area contributed by atoms with E-state index in [1.807, 2.05) is 30.3 Å². The molecule has 5 nitrogen and oxygen atoms in total. The molecule has 0 aromatic heterocycles. The van der Waals surface area contributed by atoms with Crippen molar-refractivity contribution in [3.8, 4) is 0 Å². The average molecular weight is 235 g/mol. The van der Waals surface area contributed by atoms with Gasteiger partial charge in [-0.25, -0.2) is 9.59 Å². The summed E-state index contributed by atoms with van der Waals surface area (Å²) in [7, 11) is 0. The number of carbonyl (C=O) groups excluding carboxylic acids is 1. The highest BCUT2D eigenvalue weighted by molar-refractivity contribution is 5.86. The van der Waals surface area contributed by atoms with Crippen molar-refractivity contribution in [3.63, 3.8) is 0 Å². The molecule has 2 rings (SSSR count). The van der Waals surface area contributed by atoms with Gasteiger partial charge in [0.25, 0.3) is 0 Å². The Morgan fingerprint density at radius 1 is 1.47 bits per heavy atom. The van der Waals surface area contributed by atoms with Crippen LogP contribution in [0.15, 0.2) is 30.3 Å². The number of rotatable bonds is 3. The molecular formula is C12H13NO4. The number of hydrogen-bond acceptors (Lipinski definition) is 3.